The third-order valence-electron chi connectivity index (χ3n) is 3.66. The molecule has 19 heavy (non-hydrogen) atoms. The largest absolute Gasteiger partial charge is 0.0683 e. The summed E-state index contributed by atoms with van der Waals surface area (Å²) >= 11 is 0. The van der Waals surface area contributed by atoms with Crippen LogP contribution in [0.5, 0.6) is 0 Å². The molecular formula is C19H20. The van der Waals surface area contributed by atoms with E-state index in [1.54, 1.807) is 0 Å². The number of hydrogen-bond acceptors (Lipinski definition) is 0. The van der Waals surface area contributed by atoms with Gasteiger partial charge in [-0.2, -0.15) is 0 Å². The summed E-state index contributed by atoms with van der Waals surface area (Å²) in [6.07, 6.45) is 0. The maximum Gasteiger partial charge on any atom is 0 e. The number of benzene rings is 3. The molecule has 0 saturated heterocycles. The van der Waals surface area contributed by atoms with Gasteiger partial charge in [-0.15, -0.1) is 0 Å². The molecule has 0 saturated carbocycles. The highest BCUT2D eigenvalue weighted by Gasteiger charge is 2.20. The zero-order chi connectivity index (χ0) is 13.4. The summed E-state index contributed by atoms with van der Waals surface area (Å²) in [5.41, 5.74) is 6.86. The quantitative estimate of drug-likeness (QED) is 0.354. The van der Waals surface area contributed by atoms with Crippen LogP contribution >= 0.6 is 0 Å². The first-order valence-electron chi connectivity index (χ1n) is 6.98. The van der Waals surface area contributed by atoms with E-state index < -0.39 is 0 Å². The molecule has 0 unspecified atom stereocenters. The van der Waals surface area contributed by atoms with Gasteiger partial charge in [-0.25, -0.2) is 0 Å². The van der Waals surface area contributed by atoms with Crippen molar-refractivity contribution in [3.63, 3.8) is 0 Å². The van der Waals surface area contributed by atoms with E-state index in [0.717, 1.165) is 0 Å². The van der Waals surface area contributed by atoms with Gasteiger partial charge in [0, 0.05) is 1.43 Å². The predicted molar refractivity (Wildman–Crippen MR) is 86.6 cm³/mol. The van der Waals surface area contributed by atoms with Crippen molar-refractivity contribution in [2.24, 2.45) is 0 Å². The molecule has 1 aliphatic rings. The van der Waals surface area contributed by atoms with Gasteiger partial charge in [-0.05, 0) is 39.9 Å². The van der Waals surface area contributed by atoms with E-state index in [9.17, 15) is 0 Å². The number of fused-ring (bicyclic) bond motifs is 3. The van der Waals surface area contributed by atoms with Crippen LogP contribution < -0.4 is 0 Å². The van der Waals surface area contributed by atoms with Crippen molar-refractivity contribution in [1.29, 1.82) is 0 Å². The minimum absolute atomic E-state index is 0. The summed E-state index contributed by atoms with van der Waals surface area (Å²) in [6.45, 7) is 6.16. The molecule has 0 heterocycles. The summed E-state index contributed by atoms with van der Waals surface area (Å²) in [5.74, 6) is 0. The maximum atomic E-state index is 2.30. The van der Waals surface area contributed by atoms with Gasteiger partial charge in [0.25, 0.3) is 0 Å². The lowest BCUT2D eigenvalue weighted by molar-refractivity contribution is 1.48. The average Bonchev–Trinajstić information content (AvgIpc) is 2.78. The van der Waals surface area contributed by atoms with Gasteiger partial charge in [0.05, 0.1) is 0 Å². The maximum absolute atomic E-state index is 2.30. The van der Waals surface area contributed by atoms with Crippen LogP contribution in [-0.4, -0.2) is 0 Å². The first-order chi connectivity index (χ1) is 9.34. The van der Waals surface area contributed by atoms with Crippen LogP contribution in [0.25, 0.3) is 33.0 Å². The molecule has 0 fully saturated rings. The fraction of sp³-hybridized carbons (Fsp3) is 0.158. The lowest BCUT2D eigenvalue weighted by atomic mass is 10.0. The highest BCUT2D eigenvalue weighted by Crippen LogP contribution is 2.46. The van der Waals surface area contributed by atoms with Crippen molar-refractivity contribution in [3.8, 4) is 22.3 Å². The summed E-state index contributed by atoms with van der Waals surface area (Å²) in [4.78, 5) is 0. The molecule has 3 aromatic carbocycles. The van der Waals surface area contributed by atoms with E-state index in [1.807, 2.05) is 13.8 Å². The van der Waals surface area contributed by atoms with Crippen molar-refractivity contribution in [1.82, 2.24) is 0 Å². The molecule has 4 rings (SSSR count). The Balaban J connectivity index is 0.000000471. The summed E-state index contributed by atoms with van der Waals surface area (Å²) in [7, 11) is 0. The Labute approximate surface area is 116 Å². The van der Waals surface area contributed by atoms with E-state index in [2.05, 4.69) is 61.5 Å². The second-order valence-electron chi connectivity index (χ2n) is 4.76. The Morgan fingerprint density at radius 3 is 2.00 bits per heavy atom. The van der Waals surface area contributed by atoms with Gasteiger partial charge < -0.3 is 0 Å². The average molecular weight is 248 g/mol. The Kier molecular flexibility index (Phi) is 2.87. The van der Waals surface area contributed by atoms with Crippen LogP contribution in [-0.2, 0) is 0 Å². The third kappa shape index (κ3) is 1.67. The molecule has 0 atom stereocenters. The predicted octanol–water partition coefficient (Wildman–Crippen LogP) is 6.07. The molecule has 0 nitrogen and oxygen atoms in total. The zero-order valence-corrected chi connectivity index (χ0v) is 11.7. The van der Waals surface area contributed by atoms with E-state index in [0.29, 0.717) is 0 Å². The van der Waals surface area contributed by atoms with Crippen LogP contribution in [0.4, 0.5) is 0 Å². The first-order valence-corrected chi connectivity index (χ1v) is 6.98. The van der Waals surface area contributed by atoms with Gasteiger partial charge in [0.1, 0.15) is 0 Å². The summed E-state index contributed by atoms with van der Waals surface area (Å²) in [5, 5.41) is 2.75. The van der Waals surface area contributed by atoms with Crippen LogP contribution in [0.1, 0.15) is 20.8 Å². The fourth-order valence-electron chi connectivity index (χ4n) is 2.91. The molecule has 0 amide bonds. The van der Waals surface area contributed by atoms with Crippen LogP contribution in [0.2, 0.25) is 0 Å². The fourth-order valence-corrected chi connectivity index (χ4v) is 2.91. The van der Waals surface area contributed by atoms with Crippen LogP contribution in [0, 0.1) is 6.92 Å². The Morgan fingerprint density at radius 1 is 0.684 bits per heavy atom. The SMILES string of the molecule is CC.Cc1ccc2c(c1)-c1cccc3cccc-2c13.[HH]. The molecule has 0 heteroatoms. The van der Waals surface area contributed by atoms with E-state index in [4.69, 9.17) is 0 Å². The van der Waals surface area contributed by atoms with E-state index in [-0.39, 0.29) is 1.43 Å². The molecule has 3 aromatic rings. The second kappa shape index (κ2) is 4.55. The van der Waals surface area contributed by atoms with Gasteiger partial charge in [-0.3, -0.25) is 0 Å². The molecule has 0 N–H and O–H groups in total. The second-order valence-corrected chi connectivity index (χ2v) is 4.76. The van der Waals surface area contributed by atoms with E-state index >= 15 is 0 Å². The number of hydrogen-bond donors (Lipinski definition) is 0. The Hall–Kier alpha value is -2.08. The third-order valence-corrected chi connectivity index (χ3v) is 3.66. The normalized spacial score (nSPS) is 10.9. The molecule has 0 aromatic heterocycles. The number of rotatable bonds is 0. The Morgan fingerprint density at radius 2 is 1.32 bits per heavy atom. The highest BCUT2D eigenvalue weighted by molar-refractivity contribution is 6.15. The molecule has 0 bridgehead atoms. The van der Waals surface area contributed by atoms with Crippen molar-refractivity contribution in [3.05, 3.63) is 60.2 Å². The molecule has 0 spiro atoms. The zero-order valence-electron chi connectivity index (χ0n) is 11.7. The Bertz CT molecular complexity index is 752. The van der Waals surface area contributed by atoms with Crippen LogP contribution in [0.15, 0.2) is 54.6 Å². The molecular weight excluding hydrogens is 228 g/mol. The van der Waals surface area contributed by atoms with Crippen molar-refractivity contribution in [2.45, 2.75) is 20.8 Å². The first kappa shape index (κ1) is 12.0. The smallest absolute Gasteiger partial charge is 0 e. The van der Waals surface area contributed by atoms with Gasteiger partial charge in [0.15, 0.2) is 0 Å². The highest BCUT2D eigenvalue weighted by atomic mass is 14.2. The minimum Gasteiger partial charge on any atom is -0.0683 e. The summed E-state index contributed by atoms with van der Waals surface area (Å²) in [6, 6.07) is 19.9. The lowest BCUT2D eigenvalue weighted by Crippen LogP contribution is -1.77. The van der Waals surface area contributed by atoms with Crippen molar-refractivity contribution >= 4 is 10.8 Å². The van der Waals surface area contributed by atoms with E-state index in [1.165, 1.54) is 38.6 Å². The minimum atomic E-state index is 0. The van der Waals surface area contributed by atoms with Gasteiger partial charge in [-0.1, -0.05) is 74.0 Å². The van der Waals surface area contributed by atoms with Crippen molar-refractivity contribution in [2.75, 3.05) is 0 Å². The molecule has 1 aliphatic carbocycles. The van der Waals surface area contributed by atoms with Gasteiger partial charge >= 0.3 is 0 Å². The topological polar surface area (TPSA) is 0 Å². The summed E-state index contributed by atoms with van der Waals surface area (Å²) < 4.78 is 0. The number of aryl methyl sites for hydroxylation is 1. The monoisotopic (exact) mass is 248 g/mol. The standard InChI is InChI=1S/C17H12.C2H6.H2/c1-11-8-9-13-14-6-2-4-12-5-3-7-15(17(12)14)16(13)10-11;1-2;/h2-10H,1H3;1-2H3;1H. The van der Waals surface area contributed by atoms with Crippen molar-refractivity contribution < 1.29 is 1.43 Å². The van der Waals surface area contributed by atoms with Gasteiger partial charge in [0.2, 0.25) is 0 Å². The molecule has 0 aliphatic heterocycles. The molecule has 0 radical (unpaired) electrons. The lowest BCUT2D eigenvalue weighted by Gasteiger charge is -2.02. The molecule has 96 valence electrons. The van der Waals surface area contributed by atoms with Crippen LogP contribution in [0.3, 0.4) is 0 Å².